The van der Waals surface area contributed by atoms with Crippen LogP contribution in [-0.2, 0) is 30.4 Å². The first-order valence-corrected chi connectivity index (χ1v) is 12.8. The van der Waals surface area contributed by atoms with Gasteiger partial charge in [-0.25, -0.2) is 4.79 Å². The molecule has 7 N–H and O–H groups in total. The van der Waals surface area contributed by atoms with Crippen LogP contribution >= 0.6 is 11.8 Å². The number of hydrogen-bond acceptors (Lipinski definition) is 8. The summed E-state index contributed by atoms with van der Waals surface area (Å²) in [6, 6.07) is 1.20. The number of nitrogens with zero attached hydrogens (tertiary/aromatic N) is 1. The number of phenols is 1. The van der Waals surface area contributed by atoms with E-state index in [2.05, 4.69) is 10.6 Å². The summed E-state index contributed by atoms with van der Waals surface area (Å²) in [5, 5.41) is 33.2. The highest BCUT2D eigenvalue weighted by molar-refractivity contribution is 7.98. The largest absolute Gasteiger partial charge is 0.508 e. The number of phenolic OH excluding ortho intramolecular Hbond substituents is 1. The number of aromatic hydroxyl groups is 1. The molecule has 198 valence electrons. The van der Waals surface area contributed by atoms with Crippen LogP contribution in [-0.4, -0.2) is 92.6 Å². The molecular formula is C23H32N4O8S. The van der Waals surface area contributed by atoms with E-state index in [0.717, 1.165) is 4.90 Å². The fourth-order valence-corrected chi connectivity index (χ4v) is 4.36. The lowest BCUT2D eigenvalue weighted by molar-refractivity contribution is -0.150. The maximum absolute atomic E-state index is 13.2. The van der Waals surface area contributed by atoms with Gasteiger partial charge in [0.1, 0.15) is 23.9 Å². The van der Waals surface area contributed by atoms with Crippen LogP contribution in [0.25, 0.3) is 0 Å². The normalized spacial score (nSPS) is 17.6. The Balaban J connectivity index is 2.24. The highest BCUT2D eigenvalue weighted by atomic mass is 32.2. The zero-order valence-corrected chi connectivity index (χ0v) is 20.7. The van der Waals surface area contributed by atoms with Crippen molar-refractivity contribution in [2.45, 2.75) is 56.3 Å². The monoisotopic (exact) mass is 524 g/mol. The number of carboxylic acids is 2. The lowest BCUT2D eigenvalue weighted by Gasteiger charge is -2.28. The zero-order chi connectivity index (χ0) is 26.8. The summed E-state index contributed by atoms with van der Waals surface area (Å²) in [7, 11) is 0. The Labute approximate surface area is 212 Å². The molecule has 1 heterocycles. The second-order valence-electron chi connectivity index (χ2n) is 8.51. The van der Waals surface area contributed by atoms with Crippen molar-refractivity contribution >= 4 is 41.4 Å². The van der Waals surface area contributed by atoms with Crippen molar-refractivity contribution in [1.82, 2.24) is 15.5 Å². The van der Waals surface area contributed by atoms with Crippen molar-refractivity contribution in [2.75, 3.05) is 18.6 Å². The average molecular weight is 525 g/mol. The lowest BCUT2D eigenvalue weighted by atomic mass is 10.0. The number of carbonyl (C=O) groups is 5. The number of rotatable bonds is 13. The van der Waals surface area contributed by atoms with Crippen LogP contribution in [0.4, 0.5) is 0 Å². The molecule has 1 saturated heterocycles. The highest BCUT2D eigenvalue weighted by Gasteiger charge is 2.39. The number of hydrogen-bond donors (Lipinski definition) is 6. The molecule has 0 spiro atoms. The average Bonchev–Trinajstić information content (AvgIpc) is 3.32. The van der Waals surface area contributed by atoms with E-state index >= 15 is 0 Å². The van der Waals surface area contributed by atoms with Crippen molar-refractivity contribution in [3.05, 3.63) is 29.8 Å². The third-order valence-electron chi connectivity index (χ3n) is 5.79. The molecule has 0 radical (unpaired) electrons. The number of benzene rings is 1. The number of nitrogens with two attached hydrogens (primary N) is 1. The van der Waals surface area contributed by atoms with Crippen LogP contribution < -0.4 is 16.4 Å². The SMILES string of the molecule is CSCCC(N)C(=O)NC(Cc1ccc(O)cc1)C(=O)NC(CC(=O)O)C(=O)N1CCCC1C(=O)O. The molecule has 1 aliphatic rings. The summed E-state index contributed by atoms with van der Waals surface area (Å²) >= 11 is 1.51. The first-order chi connectivity index (χ1) is 17.0. The Hall–Kier alpha value is -3.32. The van der Waals surface area contributed by atoms with Crippen molar-refractivity contribution in [1.29, 1.82) is 0 Å². The summed E-state index contributed by atoms with van der Waals surface area (Å²) in [6.45, 7) is 0.125. The number of nitrogens with one attached hydrogen (secondary N) is 2. The van der Waals surface area contributed by atoms with Crippen molar-refractivity contribution in [3.8, 4) is 5.75 Å². The summed E-state index contributed by atoms with van der Waals surface area (Å²) in [5.41, 5.74) is 6.50. The molecule has 0 aromatic heterocycles. The molecule has 13 heteroatoms. The van der Waals surface area contributed by atoms with Gasteiger partial charge in [0.05, 0.1) is 12.5 Å². The highest BCUT2D eigenvalue weighted by Crippen LogP contribution is 2.19. The van der Waals surface area contributed by atoms with Gasteiger partial charge >= 0.3 is 11.9 Å². The first-order valence-electron chi connectivity index (χ1n) is 11.4. The van der Waals surface area contributed by atoms with Crippen LogP contribution in [0, 0.1) is 0 Å². The lowest BCUT2D eigenvalue weighted by Crippen LogP contribution is -2.58. The third-order valence-corrected chi connectivity index (χ3v) is 6.44. The standard InChI is InChI=1S/C23H32N4O8S/c1-36-10-8-15(24)20(31)25-16(11-13-4-6-14(28)7-5-13)21(32)26-17(12-19(29)30)22(33)27-9-2-3-18(27)23(34)35/h4-7,15-18,28H,2-3,8-12,24H2,1H3,(H,25,31)(H,26,32)(H,29,30)(H,34,35). The Bertz CT molecular complexity index is 958. The third kappa shape index (κ3) is 8.41. The molecule has 0 bridgehead atoms. The molecule has 1 aromatic rings. The smallest absolute Gasteiger partial charge is 0.326 e. The maximum atomic E-state index is 13.2. The van der Waals surface area contributed by atoms with E-state index in [1.807, 2.05) is 6.26 Å². The van der Waals surface area contributed by atoms with Gasteiger partial charge < -0.3 is 36.6 Å². The van der Waals surface area contributed by atoms with Crippen LogP contribution in [0.1, 0.15) is 31.2 Å². The van der Waals surface area contributed by atoms with Crippen LogP contribution in [0.2, 0.25) is 0 Å². The van der Waals surface area contributed by atoms with Crippen molar-refractivity contribution in [2.24, 2.45) is 5.73 Å². The van der Waals surface area contributed by atoms with Gasteiger partial charge in [-0.3, -0.25) is 19.2 Å². The Morgan fingerprint density at radius 2 is 1.72 bits per heavy atom. The Kier molecular flexibility index (Phi) is 11.0. The molecule has 12 nitrogen and oxygen atoms in total. The van der Waals surface area contributed by atoms with Crippen molar-refractivity contribution in [3.63, 3.8) is 0 Å². The topological polar surface area (TPSA) is 199 Å². The van der Waals surface area contributed by atoms with Gasteiger partial charge in [0, 0.05) is 13.0 Å². The number of aliphatic carboxylic acids is 2. The van der Waals surface area contributed by atoms with Gasteiger partial charge in [0.15, 0.2) is 0 Å². The molecule has 0 aliphatic carbocycles. The molecule has 1 aromatic carbocycles. The van der Waals surface area contributed by atoms with Gasteiger partial charge in [0.2, 0.25) is 17.7 Å². The molecule has 1 aliphatic heterocycles. The van der Waals surface area contributed by atoms with Gasteiger partial charge in [-0.15, -0.1) is 0 Å². The fourth-order valence-electron chi connectivity index (χ4n) is 3.87. The summed E-state index contributed by atoms with van der Waals surface area (Å²) in [5.74, 6) is -4.17. The predicted octanol–water partition coefficient (Wildman–Crippen LogP) is -0.465. The minimum Gasteiger partial charge on any atom is -0.508 e. The summed E-state index contributed by atoms with van der Waals surface area (Å²) in [4.78, 5) is 62.9. The second-order valence-corrected chi connectivity index (χ2v) is 9.49. The predicted molar refractivity (Wildman–Crippen MR) is 131 cm³/mol. The molecule has 4 unspecified atom stereocenters. The number of carboxylic acid groups (broad SMARTS) is 2. The van der Waals surface area contributed by atoms with Gasteiger partial charge in [0.25, 0.3) is 0 Å². The quantitative estimate of drug-likeness (QED) is 0.196. The van der Waals surface area contributed by atoms with Gasteiger partial charge in [-0.1, -0.05) is 12.1 Å². The molecule has 3 amide bonds. The molecule has 4 atom stereocenters. The molecule has 2 rings (SSSR count). The van der Waals surface area contributed by atoms with E-state index < -0.39 is 60.2 Å². The van der Waals surface area contributed by atoms with E-state index in [0.29, 0.717) is 24.2 Å². The maximum Gasteiger partial charge on any atom is 0.326 e. The number of thioether (sulfide) groups is 1. The first kappa shape index (κ1) is 28.9. The summed E-state index contributed by atoms with van der Waals surface area (Å²) in [6.07, 6.45) is 2.10. The van der Waals surface area contributed by atoms with E-state index in [-0.39, 0.29) is 25.1 Å². The van der Waals surface area contributed by atoms with Crippen LogP contribution in [0.3, 0.4) is 0 Å². The van der Waals surface area contributed by atoms with Crippen LogP contribution in [0.15, 0.2) is 24.3 Å². The molecule has 1 fully saturated rings. The van der Waals surface area contributed by atoms with Crippen LogP contribution in [0.5, 0.6) is 5.75 Å². The summed E-state index contributed by atoms with van der Waals surface area (Å²) < 4.78 is 0. The van der Waals surface area contributed by atoms with E-state index in [4.69, 9.17) is 5.73 Å². The fraction of sp³-hybridized carbons (Fsp3) is 0.522. The molecule has 36 heavy (non-hydrogen) atoms. The number of carbonyl (C=O) groups excluding carboxylic acids is 3. The van der Waals surface area contributed by atoms with Crippen molar-refractivity contribution < 1.29 is 39.3 Å². The zero-order valence-electron chi connectivity index (χ0n) is 19.9. The van der Waals surface area contributed by atoms with Gasteiger partial charge in [-0.05, 0) is 49.0 Å². The second kappa shape index (κ2) is 13.7. The molecular weight excluding hydrogens is 492 g/mol. The number of amides is 3. The number of likely N-dealkylation sites (tertiary alicyclic amines) is 1. The molecule has 0 saturated carbocycles. The Morgan fingerprint density at radius 1 is 1.08 bits per heavy atom. The van der Waals surface area contributed by atoms with E-state index in [1.54, 1.807) is 12.1 Å². The van der Waals surface area contributed by atoms with E-state index in [1.165, 1.54) is 23.9 Å². The minimum absolute atomic E-state index is 0.00796. The van der Waals surface area contributed by atoms with E-state index in [9.17, 15) is 39.3 Å². The van der Waals surface area contributed by atoms with Gasteiger partial charge in [-0.2, -0.15) is 11.8 Å². The minimum atomic E-state index is -1.53. The Morgan fingerprint density at radius 3 is 2.31 bits per heavy atom.